The van der Waals surface area contributed by atoms with E-state index in [-0.39, 0.29) is 35.8 Å². The molecule has 2 aliphatic rings. The smallest absolute Gasteiger partial charge is 0.358 e. The Balaban J connectivity index is 1.78. The van der Waals surface area contributed by atoms with Gasteiger partial charge in [-0.3, -0.25) is 19.2 Å². The van der Waals surface area contributed by atoms with Crippen molar-refractivity contribution in [2.24, 2.45) is 0 Å². The van der Waals surface area contributed by atoms with Gasteiger partial charge in [0.05, 0.1) is 13.7 Å². The Hall–Kier alpha value is -3.16. The number of hydrogen-bond donors (Lipinski definition) is 1. The third-order valence-electron chi connectivity index (χ3n) is 6.44. The fraction of sp³-hybridized carbons (Fsp3) is 0.500. The first kappa shape index (κ1) is 22.0. The molecule has 1 aromatic heterocycles. The molecule has 1 aromatic carbocycles. The number of nitrogens with one attached hydrogen (secondary N) is 1. The van der Waals surface area contributed by atoms with Crippen molar-refractivity contribution in [3.8, 4) is 0 Å². The Morgan fingerprint density at radius 3 is 2.38 bits per heavy atom. The van der Waals surface area contributed by atoms with E-state index in [0.29, 0.717) is 5.69 Å². The number of amides is 2. The van der Waals surface area contributed by atoms with Crippen LogP contribution in [-0.2, 0) is 16.1 Å². The number of rotatable bonds is 4. The molecule has 0 spiro atoms. The van der Waals surface area contributed by atoms with Crippen molar-refractivity contribution < 1.29 is 19.1 Å². The fourth-order valence-corrected chi connectivity index (χ4v) is 4.86. The van der Waals surface area contributed by atoms with Crippen molar-refractivity contribution in [2.45, 2.75) is 71.0 Å². The minimum Gasteiger partial charge on any atom is -0.464 e. The molecule has 8 nitrogen and oxygen atoms in total. The lowest BCUT2D eigenvalue weighted by molar-refractivity contribution is -0.127. The second-order valence-electron chi connectivity index (χ2n) is 9.13. The van der Waals surface area contributed by atoms with Gasteiger partial charge in [-0.15, -0.1) is 0 Å². The van der Waals surface area contributed by atoms with E-state index in [2.05, 4.69) is 10.4 Å². The predicted octanol–water partition coefficient (Wildman–Crippen LogP) is 3.15. The summed E-state index contributed by atoms with van der Waals surface area (Å²) in [4.78, 5) is 41.0. The normalized spacial score (nSPS) is 21.2. The number of nitrogens with zero attached hydrogens (tertiary/aromatic N) is 3. The summed E-state index contributed by atoms with van der Waals surface area (Å²) >= 11 is 0. The van der Waals surface area contributed by atoms with Gasteiger partial charge in [-0.1, -0.05) is 25.3 Å². The fourth-order valence-electron chi connectivity index (χ4n) is 4.86. The van der Waals surface area contributed by atoms with Crippen molar-refractivity contribution in [2.75, 3.05) is 12.0 Å². The summed E-state index contributed by atoms with van der Waals surface area (Å²) in [5.74, 6) is -1.20. The second kappa shape index (κ2) is 8.41. The number of hydrogen-bond acceptors (Lipinski definition) is 5. The van der Waals surface area contributed by atoms with E-state index in [1.54, 1.807) is 11.8 Å². The largest absolute Gasteiger partial charge is 0.464 e. The van der Waals surface area contributed by atoms with Crippen LogP contribution in [0, 0.1) is 13.8 Å². The molecule has 170 valence electrons. The molecule has 2 amide bonds. The van der Waals surface area contributed by atoms with Crippen LogP contribution in [0.4, 0.5) is 5.69 Å². The van der Waals surface area contributed by atoms with Crippen LogP contribution in [0.25, 0.3) is 0 Å². The van der Waals surface area contributed by atoms with Gasteiger partial charge in [-0.25, -0.2) is 4.79 Å². The third kappa shape index (κ3) is 3.89. The maximum Gasteiger partial charge on any atom is 0.358 e. The summed E-state index contributed by atoms with van der Waals surface area (Å²) in [6.07, 6.45) is 5.25. The number of ether oxygens (including phenoxy) is 1. The lowest BCUT2D eigenvalue weighted by Crippen LogP contribution is -2.65. The number of carbonyl (C=O) groups excluding carboxylic acids is 3. The highest BCUT2D eigenvalue weighted by atomic mass is 16.5. The molecule has 0 unspecified atom stereocenters. The van der Waals surface area contributed by atoms with Gasteiger partial charge in [0.1, 0.15) is 11.2 Å². The summed E-state index contributed by atoms with van der Waals surface area (Å²) in [5, 5.41) is 7.46. The zero-order valence-electron chi connectivity index (χ0n) is 19.1. The van der Waals surface area contributed by atoms with Crippen LogP contribution in [0.2, 0.25) is 0 Å². The van der Waals surface area contributed by atoms with E-state index >= 15 is 0 Å². The Bertz CT molecular complexity index is 1050. The number of aryl methyl sites for hydroxylation is 2. The van der Waals surface area contributed by atoms with Gasteiger partial charge in [0, 0.05) is 17.8 Å². The molecular weight excluding hydrogens is 408 g/mol. The highest BCUT2D eigenvalue weighted by molar-refractivity contribution is 6.12. The first-order chi connectivity index (χ1) is 15.2. The standard InChI is InChI=1S/C24H30N4O4/c1-15-10-16(2)12-18(11-15)28-21(29)20-13-19(22(30)32-4)26-27(20)14-24(28,3)23(31)25-17-8-6-5-7-9-17/h10-13,17H,5-9,14H2,1-4H3,(H,25,31)/t24-/m1/s1. The molecular formula is C24H30N4O4. The Labute approximate surface area is 187 Å². The molecule has 0 radical (unpaired) electrons. The van der Waals surface area contributed by atoms with Gasteiger partial charge in [0.25, 0.3) is 5.91 Å². The number of anilines is 1. The minimum atomic E-state index is -1.21. The summed E-state index contributed by atoms with van der Waals surface area (Å²) in [5.41, 5.74) is 1.75. The number of carbonyl (C=O) groups is 3. The molecule has 32 heavy (non-hydrogen) atoms. The number of fused-ring (bicyclic) bond motifs is 1. The third-order valence-corrected chi connectivity index (χ3v) is 6.44. The summed E-state index contributed by atoms with van der Waals surface area (Å²) in [6.45, 7) is 5.83. The molecule has 2 aromatic rings. The van der Waals surface area contributed by atoms with E-state index < -0.39 is 11.5 Å². The van der Waals surface area contributed by atoms with Crippen LogP contribution in [0.1, 0.15) is 71.1 Å². The Morgan fingerprint density at radius 2 is 1.75 bits per heavy atom. The lowest BCUT2D eigenvalue weighted by Gasteiger charge is -2.44. The molecule has 0 bridgehead atoms. The van der Waals surface area contributed by atoms with Gasteiger partial charge < -0.3 is 10.1 Å². The lowest BCUT2D eigenvalue weighted by atomic mass is 9.90. The molecule has 1 aliphatic carbocycles. The van der Waals surface area contributed by atoms with Crippen molar-refractivity contribution in [1.82, 2.24) is 15.1 Å². The highest BCUT2D eigenvalue weighted by Gasteiger charge is 2.49. The molecule has 1 atom stereocenters. The number of aromatic nitrogens is 2. The van der Waals surface area contributed by atoms with E-state index in [0.717, 1.165) is 36.8 Å². The quantitative estimate of drug-likeness (QED) is 0.740. The molecule has 1 aliphatic heterocycles. The number of esters is 1. The average molecular weight is 439 g/mol. The van der Waals surface area contributed by atoms with E-state index in [1.807, 2.05) is 32.0 Å². The van der Waals surface area contributed by atoms with Crippen molar-refractivity contribution >= 4 is 23.5 Å². The predicted molar refractivity (Wildman–Crippen MR) is 120 cm³/mol. The molecule has 1 N–H and O–H groups in total. The highest BCUT2D eigenvalue weighted by Crippen LogP contribution is 2.34. The van der Waals surface area contributed by atoms with Crippen molar-refractivity contribution in [3.63, 3.8) is 0 Å². The number of benzene rings is 1. The molecule has 4 rings (SSSR count). The van der Waals surface area contributed by atoms with E-state index in [4.69, 9.17) is 4.74 Å². The van der Waals surface area contributed by atoms with Gasteiger partial charge in [0.15, 0.2) is 5.69 Å². The average Bonchev–Trinajstić information content (AvgIpc) is 3.17. The molecule has 1 fully saturated rings. The molecule has 0 saturated heterocycles. The molecule has 8 heteroatoms. The van der Waals surface area contributed by atoms with Gasteiger partial charge in [0.2, 0.25) is 5.91 Å². The van der Waals surface area contributed by atoms with Crippen LogP contribution < -0.4 is 10.2 Å². The molecule has 2 heterocycles. The van der Waals surface area contributed by atoms with Crippen LogP contribution in [-0.4, -0.2) is 46.3 Å². The molecule has 1 saturated carbocycles. The van der Waals surface area contributed by atoms with Gasteiger partial charge >= 0.3 is 5.97 Å². The topological polar surface area (TPSA) is 93.5 Å². The monoisotopic (exact) mass is 438 g/mol. The van der Waals surface area contributed by atoms with Crippen molar-refractivity contribution in [1.29, 1.82) is 0 Å². The number of methoxy groups -OCH3 is 1. The van der Waals surface area contributed by atoms with Gasteiger partial charge in [-0.2, -0.15) is 5.10 Å². The SMILES string of the molecule is COC(=O)c1cc2n(n1)C[C@](C)(C(=O)NC1CCCCC1)N(c1cc(C)cc(C)c1)C2=O. The summed E-state index contributed by atoms with van der Waals surface area (Å²) in [6, 6.07) is 7.38. The Morgan fingerprint density at radius 1 is 1.09 bits per heavy atom. The zero-order valence-corrected chi connectivity index (χ0v) is 19.1. The van der Waals surface area contributed by atoms with E-state index in [9.17, 15) is 14.4 Å². The maximum atomic E-state index is 13.7. The van der Waals surface area contributed by atoms with Crippen LogP contribution in [0.5, 0.6) is 0 Å². The van der Waals surface area contributed by atoms with Crippen LogP contribution in [0.15, 0.2) is 24.3 Å². The van der Waals surface area contributed by atoms with Gasteiger partial charge in [-0.05, 0) is 56.9 Å². The minimum absolute atomic E-state index is 0.0492. The maximum absolute atomic E-state index is 13.7. The van der Waals surface area contributed by atoms with E-state index in [1.165, 1.54) is 24.3 Å². The first-order valence-electron chi connectivity index (χ1n) is 11.1. The first-order valence-corrected chi connectivity index (χ1v) is 11.1. The van der Waals surface area contributed by atoms with Crippen molar-refractivity contribution in [3.05, 3.63) is 46.8 Å². The van der Waals surface area contributed by atoms with Crippen LogP contribution in [0.3, 0.4) is 0 Å². The van der Waals surface area contributed by atoms with Crippen LogP contribution >= 0.6 is 0 Å². The summed E-state index contributed by atoms with van der Waals surface area (Å²) < 4.78 is 6.23. The second-order valence-corrected chi connectivity index (χ2v) is 9.13. The Kier molecular flexibility index (Phi) is 5.79. The zero-order chi connectivity index (χ0) is 23.0. The summed E-state index contributed by atoms with van der Waals surface area (Å²) in [7, 11) is 1.27.